The normalized spacial score (nSPS) is 11.0. The van der Waals surface area contributed by atoms with Crippen LogP contribution in [0.4, 0.5) is 5.69 Å². The molecule has 31 heavy (non-hydrogen) atoms. The summed E-state index contributed by atoms with van der Waals surface area (Å²) >= 11 is 0. The molecule has 0 bridgehead atoms. The minimum absolute atomic E-state index is 0.145. The van der Waals surface area contributed by atoms with Crippen LogP contribution in [0.25, 0.3) is 38.6 Å². The quantitative estimate of drug-likeness (QED) is 0.349. The molecule has 5 aromatic rings. The molecule has 6 nitrogen and oxygen atoms in total. The zero-order valence-electron chi connectivity index (χ0n) is 16.7. The van der Waals surface area contributed by atoms with Gasteiger partial charge >= 0.3 is 0 Å². The second-order valence-corrected chi connectivity index (χ2v) is 7.39. The van der Waals surface area contributed by atoms with E-state index >= 15 is 0 Å². The zero-order chi connectivity index (χ0) is 21.5. The summed E-state index contributed by atoms with van der Waals surface area (Å²) in [5.41, 5.74) is 12.0. The summed E-state index contributed by atoms with van der Waals surface area (Å²) < 4.78 is 1.68. The summed E-state index contributed by atoms with van der Waals surface area (Å²) in [5, 5.41) is 10.7. The molecule has 0 aliphatic carbocycles. The second kappa shape index (κ2) is 7.08. The Hall–Kier alpha value is -4.50. The van der Waals surface area contributed by atoms with Crippen LogP contribution < -0.4 is 11.3 Å². The highest BCUT2D eigenvalue weighted by atomic mass is 16.1. The van der Waals surface area contributed by atoms with E-state index in [9.17, 15) is 4.79 Å². The van der Waals surface area contributed by atoms with Crippen LogP contribution in [0.15, 0.2) is 77.9 Å². The molecule has 5 rings (SSSR count). The maximum Gasteiger partial charge on any atom is 0.255 e. The number of aromatic nitrogens is 3. The van der Waals surface area contributed by atoms with Crippen LogP contribution >= 0.6 is 0 Å². The molecule has 6 heteroatoms. The molecular formula is C25H17N5O. The predicted octanol–water partition coefficient (Wildman–Crippen LogP) is 4.36. The van der Waals surface area contributed by atoms with Crippen molar-refractivity contribution in [2.45, 2.75) is 6.92 Å². The molecule has 2 N–H and O–H groups in total. The van der Waals surface area contributed by atoms with Gasteiger partial charge in [-0.05, 0) is 60.5 Å². The number of pyridine rings is 3. The van der Waals surface area contributed by atoms with E-state index in [1.54, 1.807) is 35.2 Å². The molecule has 0 radical (unpaired) electrons. The SMILES string of the molecule is Cc1ccc(-n2c(=O)ccc3cnc4ccc(-c5ccc(C#N)nc5)cc4c32)cc1N. The van der Waals surface area contributed by atoms with Crippen molar-refractivity contribution < 1.29 is 0 Å². The lowest BCUT2D eigenvalue weighted by Gasteiger charge is -2.14. The molecule has 148 valence electrons. The summed E-state index contributed by atoms with van der Waals surface area (Å²) in [5.74, 6) is 0. The number of nitrogen functional groups attached to an aromatic ring is 1. The summed E-state index contributed by atoms with van der Waals surface area (Å²) in [7, 11) is 0. The molecule has 0 spiro atoms. The van der Waals surface area contributed by atoms with Crippen molar-refractivity contribution in [3.63, 3.8) is 0 Å². The number of aryl methyl sites for hydroxylation is 1. The topological polar surface area (TPSA) is 97.6 Å². The largest absolute Gasteiger partial charge is 0.398 e. The first kappa shape index (κ1) is 18.5. The average Bonchev–Trinajstić information content (AvgIpc) is 2.80. The lowest BCUT2D eigenvalue weighted by Crippen LogP contribution is -2.18. The van der Waals surface area contributed by atoms with Gasteiger partial charge < -0.3 is 5.73 Å². The summed E-state index contributed by atoms with van der Waals surface area (Å²) in [6.07, 6.45) is 3.44. The van der Waals surface area contributed by atoms with E-state index in [2.05, 4.69) is 9.97 Å². The Bertz CT molecular complexity index is 1580. The van der Waals surface area contributed by atoms with E-state index < -0.39 is 0 Å². The van der Waals surface area contributed by atoms with Crippen LogP contribution in [0.3, 0.4) is 0 Å². The molecule has 0 fully saturated rings. The van der Waals surface area contributed by atoms with Crippen LogP contribution in [0.1, 0.15) is 11.3 Å². The number of hydrogen-bond acceptors (Lipinski definition) is 5. The molecule has 0 atom stereocenters. The van der Waals surface area contributed by atoms with Crippen molar-refractivity contribution >= 4 is 27.5 Å². The molecule has 2 aromatic carbocycles. The highest BCUT2D eigenvalue weighted by molar-refractivity contribution is 6.05. The third-order valence-electron chi connectivity index (χ3n) is 5.45. The minimum Gasteiger partial charge on any atom is -0.398 e. The van der Waals surface area contributed by atoms with Crippen molar-refractivity contribution in [3.05, 3.63) is 94.7 Å². The molecule has 0 amide bonds. The fourth-order valence-electron chi connectivity index (χ4n) is 3.74. The molecule has 0 aliphatic rings. The molecule has 3 heterocycles. The Morgan fingerprint density at radius 3 is 2.52 bits per heavy atom. The molecule has 0 unspecified atom stereocenters. The van der Waals surface area contributed by atoms with Gasteiger partial charge in [0.25, 0.3) is 5.56 Å². The van der Waals surface area contributed by atoms with E-state index in [0.29, 0.717) is 17.1 Å². The Balaban J connectivity index is 1.84. The molecule has 0 aliphatic heterocycles. The Morgan fingerprint density at radius 1 is 0.935 bits per heavy atom. The highest BCUT2D eigenvalue weighted by Crippen LogP contribution is 2.29. The lowest BCUT2D eigenvalue weighted by atomic mass is 10.0. The standard InChI is InChI=1S/C25H17N5O/c1-15-2-7-20(11-22(15)27)30-24(31)9-5-18-14-29-23-8-4-16(10-21(23)25(18)30)17-3-6-19(12-26)28-13-17/h2-11,13-14H,27H2,1H3. The maximum absolute atomic E-state index is 13.0. The Morgan fingerprint density at radius 2 is 1.77 bits per heavy atom. The van der Waals surface area contributed by atoms with Gasteiger partial charge in [0.05, 0.1) is 16.7 Å². The number of anilines is 1. The fraction of sp³-hybridized carbons (Fsp3) is 0.0400. The first-order valence-corrected chi connectivity index (χ1v) is 9.73. The summed E-state index contributed by atoms with van der Waals surface area (Å²) in [6.45, 7) is 1.93. The average molecular weight is 403 g/mol. The monoisotopic (exact) mass is 403 g/mol. The number of nitriles is 1. The van der Waals surface area contributed by atoms with Gasteiger partial charge in [0.1, 0.15) is 11.8 Å². The smallest absolute Gasteiger partial charge is 0.255 e. The van der Waals surface area contributed by atoms with Gasteiger partial charge in [-0.15, -0.1) is 0 Å². The van der Waals surface area contributed by atoms with Crippen LogP contribution in [0, 0.1) is 18.3 Å². The van der Waals surface area contributed by atoms with Crippen LogP contribution in [0.2, 0.25) is 0 Å². The van der Waals surface area contributed by atoms with Crippen LogP contribution in [-0.2, 0) is 0 Å². The zero-order valence-corrected chi connectivity index (χ0v) is 16.7. The number of nitrogens with zero attached hydrogens (tertiary/aromatic N) is 4. The van der Waals surface area contributed by atoms with Crippen molar-refractivity contribution in [3.8, 4) is 22.9 Å². The second-order valence-electron chi connectivity index (χ2n) is 7.39. The van der Waals surface area contributed by atoms with Gasteiger partial charge in [-0.3, -0.25) is 14.3 Å². The van der Waals surface area contributed by atoms with E-state index in [1.165, 1.54) is 0 Å². The number of rotatable bonds is 2. The van der Waals surface area contributed by atoms with Crippen LogP contribution in [0.5, 0.6) is 0 Å². The van der Waals surface area contributed by atoms with Crippen molar-refractivity contribution in [1.29, 1.82) is 5.26 Å². The Labute approximate surface area is 177 Å². The van der Waals surface area contributed by atoms with Gasteiger partial charge in [-0.25, -0.2) is 4.98 Å². The van der Waals surface area contributed by atoms with Gasteiger partial charge in [0.2, 0.25) is 0 Å². The lowest BCUT2D eigenvalue weighted by molar-refractivity contribution is 1.05. The third-order valence-corrected chi connectivity index (χ3v) is 5.45. The fourth-order valence-corrected chi connectivity index (χ4v) is 3.74. The number of hydrogen-bond donors (Lipinski definition) is 1. The van der Waals surface area contributed by atoms with Crippen molar-refractivity contribution in [1.82, 2.24) is 14.5 Å². The predicted molar refractivity (Wildman–Crippen MR) is 122 cm³/mol. The maximum atomic E-state index is 13.0. The number of nitrogens with two attached hydrogens (primary N) is 1. The van der Waals surface area contributed by atoms with Gasteiger partial charge in [-0.2, -0.15) is 5.26 Å². The number of fused-ring (bicyclic) bond motifs is 3. The number of benzene rings is 2. The van der Waals surface area contributed by atoms with E-state index in [0.717, 1.165) is 38.5 Å². The molecule has 0 saturated carbocycles. The van der Waals surface area contributed by atoms with Crippen LogP contribution in [-0.4, -0.2) is 14.5 Å². The molecule has 3 aromatic heterocycles. The van der Waals surface area contributed by atoms with Crippen molar-refractivity contribution in [2.24, 2.45) is 0 Å². The first-order valence-electron chi connectivity index (χ1n) is 9.73. The first-order chi connectivity index (χ1) is 15.0. The highest BCUT2D eigenvalue weighted by Gasteiger charge is 2.12. The third kappa shape index (κ3) is 3.09. The van der Waals surface area contributed by atoms with E-state index in [4.69, 9.17) is 11.0 Å². The van der Waals surface area contributed by atoms with E-state index in [-0.39, 0.29) is 5.56 Å². The summed E-state index contributed by atoms with van der Waals surface area (Å²) in [4.78, 5) is 21.7. The van der Waals surface area contributed by atoms with Gasteiger partial charge in [0.15, 0.2) is 0 Å². The summed E-state index contributed by atoms with van der Waals surface area (Å²) in [6, 6.07) is 20.4. The van der Waals surface area contributed by atoms with E-state index in [1.807, 2.05) is 55.5 Å². The van der Waals surface area contributed by atoms with Gasteiger partial charge in [-0.1, -0.05) is 12.1 Å². The van der Waals surface area contributed by atoms with Gasteiger partial charge in [0, 0.05) is 40.5 Å². The minimum atomic E-state index is -0.145. The Kier molecular flexibility index (Phi) is 4.23. The molecular weight excluding hydrogens is 386 g/mol. The van der Waals surface area contributed by atoms with Crippen molar-refractivity contribution in [2.75, 3.05) is 5.73 Å². The molecule has 0 saturated heterocycles.